The molecule has 17 heavy (non-hydrogen) atoms. The summed E-state index contributed by atoms with van der Waals surface area (Å²) in [6.45, 7) is 3.44. The Morgan fingerprint density at radius 1 is 0.941 bits per heavy atom. The molecule has 0 atom stereocenters. The number of rotatable bonds is 7. The molecule has 0 aliphatic rings. The van der Waals surface area contributed by atoms with Gasteiger partial charge in [0.1, 0.15) is 0 Å². The molecule has 0 bridgehead atoms. The lowest BCUT2D eigenvalue weighted by molar-refractivity contribution is 0.390. The van der Waals surface area contributed by atoms with E-state index in [1.807, 2.05) is 0 Å². The average Bonchev–Trinajstić information content (AvgIpc) is 2.25. The number of aryl methyl sites for hydroxylation is 2. The molecular weight excluding hydrogens is 210 g/mol. The van der Waals surface area contributed by atoms with Gasteiger partial charge in [0.25, 0.3) is 0 Å². The lowest BCUT2D eigenvalue weighted by Gasteiger charge is -2.09. The van der Waals surface area contributed by atoms with Crippen LogP contribution in [0.5, 0.6) is 0 Å². The van der Waals surface area contributed by atoms with Crippen LogP contribution in [-0.2, 0) is 6.42 Å². The maximum Gasteiger partial charge on any atom is -0.00248 e. The van der Waals surface area contributed by atoms with Gasteiger partial charge in [-0.2, -0.15) is 0 Å². The van der Waals surface area contributed by atoms with Crippen LogP contribution < -0.4 is 0 Å². The topological polar surface area (TPSA) is 34.7 Å². The van der Waals surface area contributed by atoms with Crippen LogP contribution in [0.15, 0.2) is 24.3 Å². The Bertz CT molecular complexity index is 297. The van der Waals surface area contributed by atoms with E-state index < -0.39 is 0 Å². The number of hydrogen-bond acceptors (Lipinski definition) is 1. The van der Waals surface area contributed by atoms with Crippen molar-refractivity contribution in [3.8, 4) is 0 Å². The molecule has 0 heterocycles. The van der Waals surface area contributed by atoms with E-state index in [2.05, 4.69) is 50.2 Å². The maximum atomic E-state index is 2.27. The first-order chi connectivity index (χ1) is 7.70. The molecule has 2 heteroatoms. The van der Waals surface area contributed by atoms with Gasteiger partial charge in [0.2, 0.25) is 0 Å². The smallest absolute Gasteiger partial charge is 0.00248 e. The van der Waals surface area contributed by atoms with E-state index >= 15 is 0 Å². The van der Waals surface area contributed by atoms with Crippen molar-refractivity contribution in [1.82, 2.24) is 4.90 Å². The molecule has 1 aromatic carbocycles. The normalized spacial score (nSPS) is 10.4. The molecule has 2 nitrogen and oxygen atoms in total. The van der Waals surface area contributed by atoms with E-state index in [1.54, 1.807) is 0 Å². The van der Waals surface area contributed by atoms with Gasteiger partial charge in [-0.1, -0.05) is 37.1 Å². The molecule has 1 rings (SSSR count). The molecule has 0 radical (unpaired) electrons. The van der Waals surface area contributed by atoms with Crippen LogP contribution >= 0.6 is 0 Å². The molecular formula is C15H27NO. The molecule has 0 unspecified atom stereocenters. The molecule has 0 fully saturated rings. The first kappa shape index (κ1) is 16.1. The molecule has 98 valence electrons. The molecule has 0 saturated carbocycles. The van der Waals surface area contributed by atoms with Gasteiger partial charge in [-0.25, -0.2) is 0 Å². The highest BCUT2D eigenvalue weighted by Crippen LogP contribution is 2.12. The van der Waals surface area contributed by atoms with E-state index in [0.29, 0.717) is 0 Å². The second-order valence-electron chi connectivity index (χ2n) is 4.89. The van der Waals surface area contributed by atoms with Gasteiger partial charge in [0.15, 0.2) is 0 Å². The van der Waals surface area contributed by atoms with Crippen molar-refractivity contribution in [3.63, 3.8) is 0 Å². The van der Waals surface area contributed by atoms with Gasteiger partial charge in [-0.05, 0) is 58.0 Å². The summed E-state index contributed by atoms with van der Waals surface area (Å²) < 4.78 is 0. The summed E-state index contributed by atoms with van der Waals surface area (Å²) in [7, 11) is 4.29. The zero-order valence-electron chi connectivity index (χ0n) is 11.5. The lowest BCUT2D eigenvalue weighted by Crippen LogP contribution is -2.12. The summed E-state index contributed by atoms with van der Waals surface area (Å²) in [5, 5.41) is 0. The van der Waals surface area contributed by atoms with Crippen molar-refractivity contribution in [2.45, 2.75) is 39.0 Å². The van der Waals surface area contributed by atoms with Crippen molar-refractivity contribution in [1.29, 1.82) is 0 Å². The van der Waals surface area contributed by atoms with Gasteiger partial charge in [-0.15, -0.1) is 0 Å². The Labute approximate surface area is 106 Å². The Balaban J connectivity index is 0.00000256. The third-order valence-corrected chi connectivity index (χ3v) is 3.06. The van der Waals surface area contributed by atoms with Crippen molar-refractivity contribution < 1.29 is 5.48 Å². The van der Waals surface area contributed by atoms with Crippen LogP contribution in [-0.4, -0.2) is 31.0 Å². The molecule has 0 aromatic heterocycles. The van der Waals surface area contributed by atoms with E-state index in [1.165, 1.54) is 49.8 Å². The van der Waals surface area contributed by atoms with Gasteiger partial charge in [0.05, 0.1) is 0 Å². The molecule has 0 saturated heterocycles. The van der Waals surface area contributed by atoms with Crippen LogP contribution in [0.2, 0.25) is 0 Å². The fourth-order valence-electron chi connectivity index (χ4n) is 1.99. The number of unbranched alkanes of at least 4 members (excludes halogenated alkanes) is 3. The van der Waals surface area contributed by atoms with Gasteiger partial charge in [0, 0.05) is 0 Å². The number of benzene rings is 1. The van der Waals surface area contributed by atoms with Gasteiger partial charge in [-0.3, -0.25) is 0 Å². The fraction of sp³-hybridized carbons (Fsp3) is 0.600. The molecule has 0 aliphatic carbocycles. The largest absolute Gasteiger partial charge is 0.412 e. The Morgan fingerprint density at radius 2 is 1.59 bits per heavy atom. The van der Waals surface area contributed by atoms with Crippen LogP contribution in [0.25, 0.3) is 0 Å². The average molecular weight is 237 g/mol. The minimum atomic E-state index is 0. The first-order valence-electron chi connectivity index (χ1n) is 6.39. The van der Waals surface area contributed by atoms with Crippen molar-refractivity contribution in [2.75, 3.05) is 20.6 Å². The number of nitrogens with zero attached hydrogens (tertiary/aromatic N) is 1. The van der Waals surface area contributed by atoms with Crippen LogP contribution in [0.1, 0.15) is 36.8 Å². The second kappa shape index (κ2) is 9.20. The Morgan fingerprint density at radius 3 is 2.24 bits per heavy atom. The minimum Gasteiger partial charge on any atom is -0.412 e. The van der Waals surface area contributed by atoms with E-state index in [9.17, 15) is 0 Å². The highest BCUT2D eigenvalue weighted by Gasteiger charge is 1.97. The second-order valence-corrected chi connectivity index (χ2v) is 4.89. The number of hydrogen-bond donors (Lipinski definition) is 0. The molecule has 1 aromatic rings. The first-order valence-corrected chi connectivity index (χ1v) is 6.39. The summed E-state index contributed by atoms with van der Waals surface area (Å²) in [6, 6.07) is 8.74. The third kappa shape index (κ3) is 7.14. The standard InChI is InChI=1S/C15H25N.H2O/c1-14-10-7-8-12-15(14)11-6-4-5-9-13-16(2)3;/h7-8,10,12H,4-6,9,11,13H2,1-3H3;1H2. The maximum absolute atomic E-state index is 2.27. The van der Waals surface area contributed by atoms with E-state index in [0.717, 1.165) is 0 Å². The third-order valence-electron chi connectivity index (χ3n) is 3.06. The lowest BCUT2D eigenvalue weighted by atomic mass is 10.0. The molecule has 2 N–H and O–H groups in total. The Hall–Kier alpha value is -0.860. The van der Waals surface area contributed by atoms with E-state index in [-0.39, 0.29) is 5.48 Å². The minimum absolute atomic E-state index is 0. The Kier molecular flexibility index (Phi) is 8.73. The van der Waals surface area contributed by atoms with E-state index in [4.69, 9.17) is 0 Å². The molecule has 0 aliphatic heterocycles. The summed E-state index contributed by atoms with van der Waals surface area (Å²) in [4.78, 5) is 2.27. The highest BCUT2D eigenvalue weighted by atomic mass is 16.0. The fourth-order valence-corrected chi connectivity index (χ4v) is 1.99. The van der Waals surface area contributed by atoms with Crippen molar-refractivity contribution in [2.24, 2.45) is 0 Å². The monoisotopic (exact) mass is 237 g/mol. The predicted octanol–water partition coefficient (Wildman–Crippen LogP) is 2.83. The van der Waals surface area contributed by atoms with Crippen LogP contribution in [0.3, 0.4) is 0 Å². The van der Waals surface area contributed by atoms with Crippen molar-refractivity contribution in [3.05, 3.63) is 35.4 Å². The summed E-state index contributed by atoms with van der Waals surface area (Å²) in [6.07, 6.45) is 6.64. The molecule has 0 amide bonds. The molecule has 0 spiro atoms. The van der Waals surface area contributed by atoms with Gasteiger partial charge < -0.3 is 10.4 Å². The zero-order chi connectivity index (χ0) is 11.8. The summed E-state index contributed by atoms with van der Waals surface area (Å²) in [5.41, 5.74) is 2.96. The summed E-state index contributed by atoms with van der Waals surface area (Å²) in [5.74, 6) is 0. The highest BCUT2D eigenvalue weighted by molar-refractivity contribution is 5.25. The summed E-state index contributed by atoms with van der Waals surface area (Å²) >= 11 is 0. The zero-order valence-corrected chi connectivity index (χ0v) is 11.5. The van der Waals surface area contributed by atoms with Crippen LogP contribution in [0, 0.1) is 6.92 Å². The SMILES string of the molecule is Cc1ccccc1CCCCCCN(C)C.O. The predicted molar refractivity (Wildman–Crippen MR) is 75.5 cm³/mol. The van der Waals surface area contributed by atoms with Crippen molar-refractivity contribution >= 4 is 0 Å². The van der Waals surface area contributed by atoms with Crippen LogP contribution in [0.4, 0.5) is 0 Å². The van der Waals surface area contributed by atoms with Gasteiger partial charge >= 0.3 is 0 Å². The quantitative estimate of drug-likeness (QED) is 0.672.